The molecular weight excluding hydrogens is 390 g/mol. The van der Waals surface area contributed by atoms with Gasteiger partial charge < -0.3 is 14.4 Å². The Morgan fingerprint density at radius 2 is 1.87 bits per heavy atom. The largest absolute Gasteiger partial charge is 0.439 e. The van der Waals surface area contributed by atoms with Gasteiger partial charge in [-0.15, -0.1) is 0 Å². The van der Waals surface area contributed by atoms with Gasteiger partial charge in [-0.2, -0.15) is 5.10 Å². The average molecular weight is 420 g/mol. The monoisotopic (exact) mass is 419 g/mol. The third-order valence-electron chi connectivity index (χ3n) is 5.55. The molecule has 3 aromatic rings. The van der Waals surface area contributed by atoms with Gasteiger partial charge in [0, 0.05) is 32.2 Å². The van der Waals surface area contributed by atoms with Crippen LogP contribution >= 0.6 is 0 Å². The van der Waals surface area contributed by atoms with Crippen molar-refractivity contribution in [3.63, 3.8) is 0 Å². The second-order valence-corrected chi connectivity index (χ2v) is 7.80. The normalized spacial score (nSPS) is 15.7. The Labute approximate surface area is 183 Å². The zero-order valence-electron chi connectivity index (χ0n) is 18.2. The number of benzene rings is 2. The minimum atomic E-state index is 0.0887. The molecule has 31 heavy (non-hydrogen) atoms. The van der Waals surface area contributed by atoms with E-state index in [0.29, 0.717) is 25.4 Å². The molecule has 0 bridgehead atoms. The van der Waals surface area contributed by atoms with Gasteiger partial charge in [-0.25, -0.2) is 4.68 Å². The van der Waals surface area contributed by atoms with E-state index < -0.39 is 0 Å². The van der Waals surface area contributed by atoms with Gasteiger partial charge in [0.25, 0.3) is 0 Å². The van der Waals surface area contributed by atoms with Crippen molar-refractivity contribution in [3.05, 3.63) is 66.2 Å². The highest BCUT2D eigenvalue weighted by Crippen LogP contribution is 2.34. The van der Waals surface area contributed by atoms with Crippen LogP contribution in [0.4, 0.5) is 0 Å². The first kappa shape index (κ1) is 21.1. The van der Waals surface area contributed by atoms with Gasteiger partial charge in [0.2, 0.25) is 11.8 Å². The summed E-state index contributed by atoms with van der Waals surface area (Å²) < 4.78 is 13.8. The predicted octanol–water partition coefficient (Wildman–Crippen LogP) is 4.80. The first-order chi connectivity index (χ1) is 15.2. The predicted molar refractivity (Wildman–Crippen MR) is 120 cm³/mol. The number of amides is 1. The minimum Gasteiger partial charge on any atom is -0.439 e. The molecule has 1 fully saturated rings. The maximum absolute atomic E-state index is 12.8. The fourth-order valence-electron chi connectivity index (χ4n) is 3.95. The Morgan fingerprint density at radius 3 is 2.52 bits per heavy atom. The van der Waals surface area contributed by atoms with Gasteiger partial charge in [-0.05, 0) is 25.0 Å². The number of hydrogen-bond acceptors (Lipinski definition) is 4. The maximum Gasteiger partial charge on any atom is 0.223 e. The molecule has 0 aliphatic carbocycles. The van der Waals surface area contributed by atoms with Crippen LogP contribution in [0.15, 0.2) is 60.7 Å². The molecule has 4 rings (SSSR count). The molecule has 1 amide bonds. The first-order valence-corrected chi connectivity index (χ1v) is 10.9. The summed E-state index contributed by atoms with van der Waals surface area (Å²) in [5, 5.41) is 4.77. The van der Waals surface area contributed by atoms with Gasteiger partial charge in [0.05, 0.1) is 18.2 Å². The number of nitrogens with zero attached hydrogens (tertiary/aromatic N) is 3. The molecule has 1 saturated heterocycles. The van der Waals surface area contributed by atoms with Gasteiger partial charge >= 0.3 is 0 Å². The minimum absolute atomic E-state index is 0.0887. The Bertz CT molecular complexity index is 996. The van der Waals surface area contributed by atoms with E-state index in [1.165, 1.54) is 0 Å². The van der Waals surface area contributed by atoms with Crippen LogP contribution in [0, 0.1) is 0 Å². The summed E-state index contributed by atoms with van der Waals surface area (Å²) in [7, 11) is 1.88. The Morgan fingerprint density at radius 1 is 1.16 bits per heavy atom. The van der Waals surface area contributed by atoms with Crippen molar-refractivity contribution in [2.75, 3.05) is 13.2 Å². The van der Waals surface area contributed by atoms with Gasteiger partial charge in [0.1, 0.15) is 11.4 Å². The quantitative estimate of drug-likeness (QED) is 0.526. The lowest BCUT2D eigenvalue weighted by atomic mass is 10.1. The number of aromatic nitrogens is 2. The zero-order chi connectivity index (χ0) is 21.6. The maximum atomic E-state index is 12.8. The highest BCUT2D eigenvalue weighted by molar-refractivity contribution is 5.76. The molecule has 0 radical (unpaired) electrons. The lowest BCUT2D eigenvalue weighted by Gasteiger charge is -2.25. The summed E-state index contributed by atoms with van der Waals surface area (Å²) in [6.45, 7) is 3.67. The standard InChI is InChI=1S/C25H29N3O3/c1-3-23(29)28(17-21-15-10-16-30-21)18-22-24(19-11-6-4-7-12-19)26-27(2)25(22)31-20-13-8-5-9-14-20/h4-9,11-14,21H,3,10,15-18H2,1-2H3/t21-/m0/s1. The van der Waals surface area contributed by atoms with Crippen molar-refractivity contribution in [3.8, 4) is 22.9 Å². The van der Waals surface area contributed by atoms with E-state index in [1.54, 1.807) is 4.68 Å². The summed E-state index contributed by atoms with van der Waals surface area (Å²) in [6.07, 6.45) is 2.57. The van der Waals surface area contributed by atoms with Crippen molar-refractivity contribution < 1.29 is 14.3 Å². The molecule has 1 aliphatic rings. The second kappa shape index (κ2) is 9.79. The molecule has 1 atom stereocenters. The van der Waals surface area contributed by atoms with Crippen LogP contribution in [0.25, 0.3) is 11.3 Å². The third-order valence-corrected chi connectivity index (χ3v) is 5.55. The van der Waals surface area contributed by atoms with Crippen LogP contribution in [-0.2, 0) is 23.1 Å². The van der Waals surface area contributed by atoms with Crippen LogP contribution in [0.5, 0.6) is 11.6 Å². The van der Waals surface area contributed by atoms with E-state index in [4.69, 9.17) is 14.6 Å². The number of ether oxygens (including phenoxy) is 2. The SMILES string of the molecule is CCC(=O)N(Cc1c(-c2ccccc2)nn(C)c1Oc1ccccc1)C[C@@H]1CCCO1. The number of carbonyl (C=O) groups is 1. The fourth-order valence-corrected chi connectivity index (χ4v) is 3.95. The van der Waals surface area contributed by atoms with E-state index in [-0.39, 0.29) is 12.0 Å². The van der Waals surface area contributed by atoms with Crippen LogP contribution in [0.3, 0.4) is 0 Å². The smallest absolute Gasteiger partial charge is 0.223 e. The van der Waals surface area contributed by atoms with Crippen molar-refractivity contribution in [1.29, 1.82) is 0 Å². The van der Waals surface area contributed by atoms with E-state index in [2.05, 4.69) is 0 Å². The highest BCUT2D eigenvalue weighted by atomic mass is 16.5. The molecule has 2 heterocycles. The third kappa shape index (κ3) is 4.97. The Balaban J connectivity index is 1.72. The lowest BCUT2D eigenvalue weighted by molar-refractivity contribution is -0.133. The van der Waals surface area contributed by atoms with Crippen LogP contribution in [0.2, 0.25) is 0 Å². The number of rotatable bonds is 8. The summed E-state index contributed by atoms with van der Waals surface area (Å²) in [5.74, 6) is 1.48. The topological polar surface area (TPSA) is 56.6 Å². The lowest BCUT2D eigenvalue weighted by Crippen LogP contribution is -2.36. The van der Waals surface area contributed by atoms with Crippen molar-refractivity contribution >= 4 is 5.91 Å². The molecule has 0 unspecified atom stereocenters. The van der Waals surface area contributed by atoms with Crippen molar-refractivity contribution in [2.24, 2.45) is 7.05 Å². The molecule has 0 saturated carbocycles. The van der Waals surface area contributed by atoms with Crippen molar-refractivity contribution in [1.82, 2.24) is 14.7 Å². The van der Waals surface area contributed by atoms with E-state index in [1.807, 2.05) is 79.5 Å². The number of para-hydroxylation sites is 1. The summed E-state index contributed by atoms with van der Waals surface area (Å²) in [5.41, 5.74) is 2.73. The summed E-state index contributed by atoms with van der Waals surface area (Å²) >= 11 is 0. The first-order valence-electron chi connectivity index (χ1n) is 10.9. The molecule has 0 spiro atoms. The Hall–Kier alpha value is -3.12. The van der Waals surface area contributed by atoms with E-state index in [9.17, 15) is 4.79 Å². The molecule has 0 N–H and O–H groups in total. The van der Waals surface area contributed by atoms with Crippen LogP contribution in [0.1, 0.15) is 31.7 Å². The average Bonchev–Trinajstić information content (AvgIpc) is 3.43. The fraction of sp³-hybridized carbons (Fsp3) is 0.360. The van der Waals surface area contributed by atoms with Gasteiger partial charge in [0.15, 0.2) is 0 Å². The molecule has 2 aromatic carbocycles. The second-order valence-electron chi connectivity index (χ2n) is 7.80. The Kier molecular flexibility index (Phi) is 6.67. The van der Waals surface area contributed by atoms with Crippen molar-refractivity contribution in [2.45, 2.75) is 38.8 Å². The number of aryl methyl sites for hydroxylation is 1. The molecule has 162 valence electrons. The molecule has 1 aliphatic heterocycles. The molecule has 1 aromatic heterocycles. The number of hydrogen-bond donors (Lipinski definition) is 0. The summed E-state index contributed by atoms with van der Waals surface area (Å²) in [6, 6.07) is 19.7. The zero-order valence-corrected chi connectivity index (χ0v) is 18.2. The van der Waals surface area contributed by atoms with Gasteiger partial charge in [-0.3, -0.25) is 4.79 Å². The van der Waals surface area contributed by atoms with Crippen LogP contribution < -0.4 is 4.74 Å². The highest BCUT2D eigenvalue weighted by Gasteiger charge is 2.27. The number of carbonyl (C=O) groups excluding carboxylic acids is 1. The molecule has 6 nitrogen and oxygen atoms in total. The van der Waals surface area contributed by atoms with E-state index >= 15 is 0 Å². The van der Waals surface area contributed by atoms with Crippen LogP contribution in [-0.4, -0.2) is 39.8 Å². The van der Waals surface area contributed by atoms with Gasteiger partial charge in [-0.1, -0.05) is 55.5 Å². The summed E-state index contributed by atoms with van der Waals surface area (Å²) in [4.78, 5) is 14.7. The molecule has 6 heteroatoms. The molecular formula is C25H29N3O3. The van der Waals surface area contributed by atoms with E-state index in [0.717, 1.165) is 42.0 Å².